The first-order chi connectivity index (χ1) is 7.56. The van der Waals surface area contributed by atoms with Crippen molar-refractivity contribution in [1.29, 1.82) is 0 Å². The van der Waals surface area contributed by atoms with Crippen LogP contribution in [0.2, 0.25) is 0 Å². The van der Waals surface area contributed by atoms with Crippen molar-refractivity contribution < 1.29 is 9.59 Å². The smallest absolute Gasteiger partial charge is 0.239 e. The summed E-state index contributed by atoms with van der Waals surface area (Å²) in [4.78, 5) is 23.1. The first-order valence-corrected chi connectivity index (χ1v) is 5.81. The number of likely N-dealkylation sites (N-methyl/N-ethyl adjacent to an activating group) is 1. The minimum absolute atomic E-state index is 0.0222. The molecule has 0 unspecified atom stereocenters. The Labute approximate surface area is 97.2 Å². The third kappa shape index (κ3) is 3.81. The van der Waals surface area contributed by atoms with Crippen LogP contribution in [0.1, 0.15) is 33.6 Å². The zero-order valence-corrected chi connectivity index (χ0v) is 10.4. The summed E-state index contributed by atoms with van der Waals surface area (Å²) in [5.74, 6) is -0.305. The van der Waals surface area contributed by atoms with Crippen LogP contribution in [-0.2, 0) is 9.59 Å². The molecule has 0 aromatic carbocycles. The van der Waals surface area contributed by atoms with Crippen LogP contribution in [0.5, 0.6) is 0 Å². The van der Waals surface area contributed by atoms with E-state index in [0.717, 1.165) is 0 Å². The quantitative estimate of drug-likeness (QED) is 0.574. The molecule has 5 nitrogen and oxygen atoms in total. The Morgan fingerprint density at radius 2 is 1.69 bits per heavy atom. The Morgan fingerprint density at radius 1 is 1.12 bits per heavy atom. The molecule has 5 heteroatoms. The molecule has 0 atom stereocenters. The minimum atomic E-state index is -0.535. The monoisotopic (exact) mass is 229 g/mol. The fraction of sp³-hybridized carbons (Fsp3) is 0.818. The highest BCUT2D eigenvalue weighted by Crippen LogP contribution is 2.24. The molecule has 0 aromatic rings. The first kappa shape index (κ1) is 14.9. The van der Waals surface area contributed by atoms with Gasteiger partial charge in [-0.3, -0.25) is 9.59 Å². The molecular formula is C11H23N3O2. The lowest BCUT2D eigenvalue weighted by molar-refractivity contribution is -0.133. The Hall–Kier alpha value is -1.10. The van der Waals surface area contributed by atoms with Gasteiger partial charge >= 0.3 is 0 Å². The van der Waals surface area contributed by atoms with E-state index >= 15 is 0 Å². The van der Waals surface area contributed by atoms with Crippen molar-refractivity contribution in [2.45, 2.75) is 33.6 Å². The third-order valence-corrected chi connectivity index (χ3v) is 3.01. The molecule has 0 saturated carbocycles. The largest absolute Gasteiger partial charge is 0.355 e. The van der Waals surface area contributed by atoms with E-state index in [2.05, 4.69) is 10.6 Å². The second kappa shape index (κ2) is 7.22. The van der Waals surface area contributed by atoms with Gasteiger partial charge in [-0.05, 0) is 19.8 Å². The van der Waals surface area contributed by atoms with E-state index in [1.807, 2.05) is 20.8 Å². The molecular weight excluding hydrogens is 206 g/mol. The SMILES string of the molecule is CCNC(=O)CNC(=O)C(CC)(CC)CN. The number of amides is 2. The second-order valence-electron chi connectivity index (χ2n) is 3.83. The second-order valence-corrected chi connectivity index (χ2v) is 3.83. The molecule has 94 valence electrons. The van der Waals surface area contributed by atoms with Crippen LogP contribution < -0.4 is 16.4 Å². The lowest BCUT2D eigenvalue weighted by atomic mass is 9.81. The molecule has 16 heavy (non-hydrogen) atoms. The average Bonchev–Trinajstić information content (AvgIpc) is 2.30. The molecule has 4 N–H and O–H groups in total. The lowest BCUT2D eigenvalue weighted by Crippen LogP contribution is -2.48. The van der Waals surface area contributed by atoms with Gasteiger partial charge in [0.2, 0.25) is 11.8 Å². The van der Waals surface area contributed by atoms with Crippen molar-refractivity contribution >= 4 is 11.8 Å². The van der Waals surface area contributed by atoms with Gasteiger partial charge in [-0.25, -0.2) is 0 Å². The molecule has 0 rings (SSSR count). The number of rotatable bonds is 7. The van der Waals surface area contributed by atoms with E-state index in [1.54, 1.807) is 0 Å². The normalized spacial score (nSPS) is 11.0. The highest BCUT2D eigenvalue weighted by atomic mass is 16.2. The van der Waals surface area contributed by atoms with E-state index in [4.69, 9.17) is 5.73 Å². The van der Waals surface area contributed by atoms with Crippen LogP contribution >= 0.6 is 0 Å². The Morgan fingerprint density at radius 3 is 2.06 bits per heavy atom. The molecule has 0 aliphatic heterocycles. The van der Waals surface area contributed by atoms with Gasteiger partial charge in [-0.2, -0.15) is 0 Å². The highest BCUT2D eigenvalue weighted by Gasteiger charge is 2.33. The molecule has 0 spiro atoms. The first-order valence-electron chi connectivity index (χ1n) is 5.81. The van der Waals surface area contributed by atoms with Gasteiger partial charge < -0.3 is 16.4 Å². The molecule has 0 saturated heterocycles. The van der Waals surface area contributed by atoms with Crippen LogP contribution in [0.4, 0.5) is 0 Å². The van der Waals surface area contributed by atoms with Gasteiger partial charge in [-0.15, -0.1) is 0 Å². The maximum atomic E-state index is 11.9. The Bertz CT molecular complexity index is 229. The van der Waals surface area contributed by atoms with Crippen LogP contribution in [0.15, 0.2) is 0 Å². The molecule has 2 amide bonds. The van der Waals surface area contributed by atoms with E-state index in [-0.39, 0.29) is 18.4 Å². The van der Waals surface area contributed by atoms with Crippen molar-refractivity contribution in [1.82, 2.24) is 10.6 Å². The van der Waals surface area contributed by atoms with E-state index in [9.17, 15) is 9.59 Å². The predicted molar refractivity (Wildman–Crippen MR) is 63.8 cm³/mol. The summed E-state index contributed by atoms with van der Waals surface area (Å²) in [5.41, 5.74) is 5.10. The number of carbonyl (C=O) groups is 2. The number of hydrogen-bond donors (Lipinski definition) is 3. The van der Waals surface area contributed by atoms with Crippen LogP contribution in [-0.4, -0.2) is 31.4 Å². The molecule has 0 heterocycles. The van der Waals surface area contributed by atoms with Gasteiger partial charge in [0.1, 0.15) is 0 Å². The summed E-state index contributed by atoms with van der Waals surface area (Å²) < 4.78 is 0. The van der Waals surface area contributed by atoms with Gasteiger partial charge in [0.25, 0.3) is 0 Å². The van der Waals surface area contributed by atoms with E-state index < -0.39 is 5.41 Å². The molecule has 0 aliphatic rings. The van der Waals surface area contributed by atoms with E-state index in [0.29, 0.717) is 25.9 Å². The number of hydrogen-bond acceptors (Lipinski definition) is 3. The van der Waals surface area contributed by atoms with Gasteiger partial charge in [-0.1, -0.05) is 13.8 Å². The average molecular weight is 229 g/mol. The predicted octanol–water partition coefficient (Wildman–Crippen LogP) is 0.00380. The van der Waals surface area contributed by atoms with Crippen molar-refractivity contribution in [3.8, 4) is 0 Å². The fourth-order valence-corrected chi connectivity index (χ4v) is 1.56. The van der Waals surface area contributed by atoms with Crippen molar-refractivity contribution in [2.24, 2.45) is 11.1 Å². The lowest BCUT2D eigenvalue weighted by Gasteiger charge is -2.28. The van der Waals surface area contributed by atoms with Crippen LogP contribution in [0, 0.1) is 5.41 Å². The summed E-state index contributed by atoms with van der Waals surface area (Å²) in [7, 11) is 0. The van der Waals surface area contributed by atoms with Gasteiger partial charge in [0.15, 0.2) is 0 Å². The molecule has 0 bridgehead atoms. The topological polar surface area (TPSA) is 84.2 Å². The number of nitrogens with two attached hydrogens (primary N) is 1. The van der Waals surface area contributed by atoms with Crippen LogP contribution in [0.3, 0.4) is 0 Å². The maximum absolute atomic E-state index is 11.9. The maximum Gasteiger partial charge on any atom is 0.239 e. The summed E-state index contributed by atoms with van der Waals surface area (Å²) in [6.45, 7) is 6.60. The number of carbonyl (C=O) groups excluding carboxylic acids is 2. The fourth-order valence-electron chi connectivity index (χ4n) is 1.56. The molecule has 0 fully saturated rings. The Kier molecular flexibility index (Phi) is 6.72. The summed E-state index contributed by atoms with van der Waals surface area (Å²) in [6.07, 6.45) is 1.36. The van der Waals surface area contributed by atoms with Crippen molar-refractivity contribution in [3.05, 3.63) is 0 Å². The Balaban J connectivity index is 4.27. The molecule has 0 aliphatic carbocycles. The zero-order valence-electron chi connectivity index (χ0n) is 10.4. The highest BCUT2D eigenvalue weighted by molar-refractivity contribution is 5.87. The van der Waals surface area contributed by atoms with Gasteiger partial charge in [0, 0.05) is 13.1 Å². The number of nitrogens with one attached hydrogen (secondary N) is 2. The van der Waals surface area contributed by atoms with Gasteiger partial charge in [0.05, 0.1) is 12.0 Å². The zero-order chi connectivity index (χ0) is 12.6. The summed E-state index contributed by atoms with van der Waals surface area (Å²) in [5, 5.41) is 5.25. The van der Waals surface area contributed by atoms with Crippen molar-refractivity contribution in [3.63, 3.8) is 0 Å². The summed E-state index contributed by atoms with van der Waals surface area (Å²) >= 11 is 0. The van der Waals surface area contributed by atoms with Crippen LogP contribution in [0.25, 0.3) is 0 Å². The molecule has 0 aromatic heterocycles. The third-order valence-electron chi connectivity index (χ3n) is 3.01. The standard InChI is InChI=1S/C11H23N3O2/c1-4-11(5-2,8-12)10(16)14-7-9(15)13-6-3/h4-8,12H2,1-3H3,(H,13,15)(H,14,16). The summed E-state index contributed by atoms with van der Waals surface area (Å²) in [6, 6.07) is 0. The van der Waals surface area contributed by atoms with E-state index in [1.165, 1.54) is 0 Å². The minimum Gasteiger partial charge on any atom is -0.355 e. The molecule has 0 radical (unpaired) electrons. The van der Waals surface area contributed by atoms with Crippen molar-refractivity contribution in [2.75, 3.05) is 19.6 Å².